The first kappa shape index (κ1) is 18.2. The molecule has 1 aromatic heterocycles. The number of rotatable bonds is 5. The first-order valence-electron chi connectivity index (χ1n) is 9.12. The number of piperidine rings is 1. The molecule has 0 spiro atoms. The maximum Gasteiger partial charge on any atom is 0.339 e. The zero-order valence-corrected chi connectivity index (χ0v) is 15.3. The van der Waals surface area contributed by atoms with E-state index in [0.717, 1.165) is 24.8 Å². The summed E-state index contributed by atoms with van der Waals surface area (Å²) >= 11 is 0. The third-order valence-corrected chi connectivity index (χ3v) is 5.19. The highest BCUT2D eigenvalue weighted by molar-refractivity contribution is 5.88. The van der Waals surface area contributed by atoms with Crippen molar-refractivity contribution >= 4 is 11.9 Å². The molecule has 1 aliphatic rings. The van der Waals surface area contributed by atoms with Crippen LogP contribution in [0.1, 0.15) is 53.0 Å². The van der Waals surface area contributed by atoms with Gasteiger partial charge in [-0.25, -0.2) is 4.79 Å². The Balaban J connectivity index is 1.59. The second kappa shape index (κ2) is 7.72. The van der Waals surface area contributed by atoms with Crippen LogP contribution in [0.4, 0.5) is 0 Å². The third kappa shape index (κ3) is 3.79. The minimum atomic E-state index is -0.948. The smallest absolute Gasteiger partial charge is 0.339 e. The minimum absolute atomic E-state index is 0.149. The predicted molar refractivity (Wildman–Crippen MR) is 98.3 cm³/mol. The molecule has 3 rings (SSSR count). The van der Waals surface area contributed by atoms with Crippen LogP contribution in [0.3, 0.4) is 0 Å². The summed E-state index contributed by atoms with van der Waals surface area (Å²) in [7, 11) is 0. The number of nitrogens with zero attached hydrogens (tertiary/aromatic N) is 3. The molecule has 26 heavy (non-hydrogen) atoms. The number of carboxylic acid groups (broad SMARTS) is 1. The molecule has 0 radical (unpaired) electrons. The molecule has 0 saturated carbocycles. The second-order valence-corrected chi connectivity index (χ2v) is 6.86. The van der Waals surface area contributed by atoms with Crippen molar-refractivity contribution < 1.29 is 14.7 Å². The summed E-state index contributed by atoms with van der Waals surface area (Å²) in [5.41, 5.74) is 3.24. The molecule has 1 fully saturated rings. The number of likely N-dealkylation sites (tertiary alicyclic amines) is 1. The molecule has 2 heterocycles. The second-order valence-electron chi connectivity index (χ2n) is 6.86. The highest BCUT2D eigenvalue weighted by atomic mass is 16.4. The molecule has 1 aromatic carbocycles. The lowest BCUT2D eigenvalue weighted by Crippen LogP contribution is -2.40. The molecular weight excluding hydrogens is 330 g/mol. The van der Waals surface area contributed by atoms with Gasteiger partial charge in [-0.2, -0.15) is 5.10 Å². The van der Waals surface area contributed by atoms with Gasteiger partial charge >= 0.3 is 5.97 Å². The first-order chi connectivity index (χ1) is 12.5. The average molecular weight is 355 g/mol. The van der Waals surface area contributed by atoms with E-state index < -0.39 is 5.97 Å². The Morgan fingerprint density at radius 1 is 1.23 bits per heavy atom. The van der Waals surface area contributed by atoms with Crippen LogP contribution in [-0.2, 0) is 17.6 Å². The normalized spacial score (nSPS) is 15.2. The van der Waals surface area contributed by atoms with E-state index in [0.29, 0.717) is 25.2 Å². The summed E-state index contributed by atoms with van der Waals surface area (Å²) in [6, 6.07) is 8.34. The zero-order chi connectivity index (χ0) is 18.7. The molecule has 6 nitrogen and oxygen atoms in total. The highest BCUT2D eigenvalue weighted by Gasteiger charge is 2.26. The van der Waals surface area contributed by atoms with Gasteiger partial charge in [-0.15, -0.1) is 0 Å². The highest BCUT2D eigenvalue weighted by Crippen LogP contribution is 2.25. The average Bonchev–Trinajstić information content (AvgIpc) is 3.03. The van der Waals surface area contributed by atoms with Crippen LogP contribution < -0.4 is 0 Å². The van der Waals surface area contributed by atoms with Crippen LogP contribution in [0.5, 0.6) is 0 Å². The van der Waals surface area contributed by atoms with Gasteiger partial charge in [0.15, 0.2) is 0 Å². The van der Waals surface area contributed by atoms with Crippen molar-refractivity contribution in [2.75, 3.05) is 13.1 Å². The number of carboxylic acids is 1. The number of aromatic carboxylic acids is 1. The van der Waals surface area contributed by atoms with Crippen molar-refractivity contribution in [3.8, 4) is 0 Å². The lowest BCUT2D eigenvalue weighted by molar-refractivity contribution is -0.131. The van der Waals surface area contributed by atoms with Gasteiger partial charge in [-0.05, 0) is 37.3 Å². The van der Waals surface area contributed by atoms with Crippen molar-refractivity contribution in [3.05, 3.63) is 52.8 Å². The van der Waals surface area contributed by atoms with Crippen LogP contribution in [0.15, 0.2) is 30.5 Å². The van der Waals surface area contributed by atoms with Crippen LogP contribution in [0, 0.1) is 6.92 Å². The topological polar surface area (TPSA) is 75.4 Å². The number of amides is 1. The molecule has 6 heteroatoms. The van der Waals surface area contributed by atoms with E-state index in [4.69, 9.17) is 5.11 Å². The van der Waals surface area contributed by atoms with Crippen molar-refractivity contribution in [3.63, 3.8) is 0 Å². The monoisotopic (exact) mass is 355 g/mol. The molecule has 0 atom stereocenters. The standard InChI is InChI=1S/C20H25N3O3/c1-3-15-5-4-6-16(11-15)12-19(24)22-9-7-17(8-10-22)23-14(2)18(13-21-23)20(25)26/h4-6,11,13,17H,3,7-10,12H2,1-2H3,(H,25,26). The number of aromatic nitrogens is 2. The molecule has 1 N–H and O–H groups in total. The van der Waals surface area contributed by atoms with Crippen molar-refractivity contribution in [2.24, 2.45) is 0 Å². The Bertz CT molecular complexity index is 804. The SMILES string of the molecule is CCc1cccc(CC(=O)N2CCC(n3ncc(C(=O)O)c3C)CC2)c1. The van der Waals surface area contributed by atoms with Crippen molar-refractivity contribution in [1.29, 1.82) is 0 Å². The maximum atomic E-state index is 12.6. The molecule has 0 unspecified atom stereocenters. The number of carbonyl (C=O) groups excluding carboxylic acids is 1. The van der Waals surface area contributed by atoms with E-state index in [1.807, 2.05) is 17.0 Å². The van der Waals surface area contributed by atoms with E-state index in [-0.39, 0.29) is 17.5 Å². The minimum Gasteiger partial charge on any atom is -0.478 e. The summed E-state index contributed by atoms with van der Waals surface area (Å²) in [6.07, 6.45) is 4.40. The Labute approximate surface area is 153 Å². The van der Waals surface area contributed by atoms with Crippen LogP contribution in [-0.4, -0.2) is 44.8 Å². The van der Waals surface area contributed by atoms with Crippen LogP contribution >= 0.6 is 0 Å². The molecule has 0 bridgehead atoms. The van der Waals surface area contributed by atoms with Gasteiger partial charge in [0.25, 0.3) is 0 Å². The Hall–Kier alpha value is -2.63. The molecule has 1 amide bonds. The van der Waals surface area contributed by atoms with E-state index in [1.165, 1.54) is 11.8 Å². The van der Waals surface area contributed by atoms with Gasteiger partial charge in [0.1, 0.15) is 5.56 Å². The Morgan fingerprint density at radius 2 is 1.92 bits per heavy atom. The number of benzene rings is 1. The fraction of sp³-hybridized carbons (Fsp3) is 0.450. The Morgan fingerprint density at radius 3 is 2.54 bits per heavy atom. The van der Waals surface area contributed by atoms with Gasteiger partial charge in [0.2, 0.25) is 5.91 Å². The fourth-order valence-electron chi connectivity index (χ4n) is 3.61. The summed E-state index contributed by atoms with van der Waals surface area (Å²) < 4.78 is 1.80. The van der Waals surface area contributed by atoms with E-state index in [2.05, 4.69) is 24.2 Å². The van der Waals surface area contributed by atoms with Gasteiger partial charge in [0, 0.05) is 13.1 Å². The quantitative estimate of drug-likeness (QED) is 0.895. The zero-order valence-electron chi connectivity index (χ0n) is 15.3. The lowest BCUT2D eigenvalue weighted by atomic mass is 10.0. The van der Waals surface area contributed by atoms with Gasteiger partial charge in [0.05, 0.1) is 24.4 Å². The number of hydrogen-bond acceptors (Lipinski definition) is 3. The summed E-state index contributed by atoms with van der Waals surface area (Å²) in [4.78, 5) is 25.7. The molecule has 0 aliphatic carbocycles. The van der Waals surface area contributed by atoms with Gasteiger partial charge in [-0.1, -0.05) is 31.2 Å². The Kier molecular flexibility index (Phi) is 5.40. The maximum absolute atomic E-state index is 12.6. The molecular formula is C20H25N3O3. The van der Waals surface area contributed by atoms with Gasteiger partial charge < -0.3 is 10.0 Å². The molecule has 1 aliphatic heterocycles. The van der Waals surface area contributed by atoms with Crippen LogP contribution in [0.2, 0.25) is 0 Å². The number of aryl methyl sites for hydroxylation is 1. The van der Waals surface area contributed by atoms with Crippen LogP contribution in [0.25, 0.3) is 0 Å². The molecule has 2 aromatic rings. The third-order valence-electron chi connectivity index (χ3n) is 5.19. The van der Waals surface area contributed by atoms with E-state index >= 15 is 0 Å². The number of hydrogen-bond donors (Lipinski definition) is 1. The fourth-order valence-corrected chi connectivity index (χ4v) is 3.61. The largest absolute Gasteiger partial charge is 0.478 e. The first-order valence-corrected chi connectivity index (χ1v) is 9.12. The molecule has 138 valence electrons. The van der Waals surface area contributed by atoms with E-state index in [1.54, 1.807) is 11.6 Å². The lowest BCUT2D eigenvalue weighted by Gasteiger charge is -2.32. The molecule has 1 saturated heterocycles. The summed E-state index contributed by atoms with van der Waals surface area (Å²) in [5.74, 6) is -0.796. The van der Waals surface area contributed by atoms with Gasteiger partial charge in [-0.3, -0.25) is 9.48 Å². The summed E-state index contributed by atoms with van der Waals surface area (Å²) in [6.45, 7) is 5.25. The van der Waals surface area contributed by atoms with Crippen molar-refractivity contribution in [2.45, 2.75) is 45.6 Å². The summed E-state index contributed by atoms with van der Waals surface area (Å²) in [5, 5.41) is 13.4. The number of carbonyl (C=O) groups is 2. The van der Waals surface area contributed by atoms with Crippen molar-refractivity contribution in [1.82, 2.24) is 14.7 Å². The predicted octanol–water partition coefficient (Wildman–Crippen LogP) is 2.86. The van der Waals surface area contributed by atoms with E-state index in [9.17, 15) is 9.59 Å².